The Morgan fingerprint density at radius 3 is 2.63 bits per heavy atom. The van der Waals surface area contributed by atoms with Gasteiger partial charge in [-0.25, -0.2) is 4.79 Å². The van der Waals surface area contributed by atoms with Gasteiger partial charge in [0.2, 0.25) is 0 Å². The molecule has 3 aromatic rings. The molecule has 0 atom stereocenters. The number of fused-ring (bicyclic) bond motifs is 1. The van der Waals surface area contributed by atoms with Crippen LogP contribution in [0.15, 0.2) is 33.5 Å². The van der Waals surface area contributed by atoms with Crippen molar-refractivity contribution in [1.29, 1.82) is 0 Å². The molecule has 0 bridgehead atoms. The quantitative estimate of drug-likeness (QED) is 0.680. The van der Waals surface area contributed by atoms with Crippen molar-refractivity contribution < 1.29 is 18.7 Å². The van der Waals surface area contributed by atoms with Gasteiger partial charge >= 0.3 is 5.97 Å². The van der Waals surface area contributed by atoms with Gasteiger partial charge in [-0.3, -0.25) is 9.59 Å². The lowest BCUT2D eigenvalue weighted by Gasteiger charge is -2.07. The van der Waals surface area contributed by atoms with E-state index in [0.717, 1.165) is 22.1 Å². The number of esters is 1. The van der Waals surface area contributed by atoms with E-state index in [1.54, 1.807) is 26.0 Å². The summed E-state index contributed by atoms with van der Waals surface area (Å²) in [5.74, 6) is -1.20. The maximum atomic E-state index is 12.7. The number of anilines is 1. The first-order valence-electron chi connectivity index (χ1n) is 8.44. The van der Waals surface area contributed by atoms with Crippen molar-refractivity contribution in [2.24, 2.45) is 0 Å². The van der Waals surface area contributed by atoms with Crippen molar-refractivity contribution in [3.63, 3.8) is 0 Å². The number of thiophene rings is 1. The molecular formula is C20H19NO5S. The van der Waals surface area contributed by atoms with Crippen LogP contribution in [0.25, 0.3) is 11.0 Å². The highest BCUT2D eigenvalue weighted by Gasteiger charge is 2.23. The predicted molar refractivity (Wildman–Crippen MR) is 105 cm³/mol. The van der Waals surface area contributed by atoms with Gasteiger partial charge in [0.1, 0.15) is 10.6 Å². The summed E-state index contributed by atoms with van der Waals surface area (Å²) in [4.78, 5) is 38.1. The molecule has 0 spiro atoms. The van der Waals surface area contributed by atoms with Crippen molar-refractivity contribution in [3.8, 4) is 0 Å². The monoisotopic (exact) mass is 385 g/mol. The number of benzene rings is 1. The fourth-order valence-electron chi connectivity index (χ4n) is 2.70. The first kappa shape index (κ1) is 18.8. The summed E-state index contributed by atoms with van der Waals surface area (Å²) in [6.07, 6.45) is 0. The third-order valence-electron chi connectivity index (χ3n) is 4.20. The highest BCUT2D eigenvalue weighted by Crippen LogP contribution is 2.33. The van der Waals surface area contributed by atoms with E-state index in [9.17, 15) is 14.4 Å². The molecule has 1 aromatic carbocycles. The average molecular weight is 385 g/mol. The van der Waals surface area contributed by atoms with Crippen molar-refractivity contribution in [2.45, 2.75) is 27.7 Å². The fraction of sp³-hybridized carbons (Fsp3) is 0.250. The van der Waals surface area contributed by atoms with Crippen LogP contribution < -0.4 is 10.7 Å². The molecule has 0 unspecified atom stereocenters. The molecule has 0 aliphatic rings. The molecule has 140 valence electrons. The van der Waals surface area contributed by atoms with Crippen molar-refractivity contribution in [3.05, 3.63) is 61.8 Å². The zero-order valence-electron chi connectivity index (χ0n) is 15.5. The number of hydrogen-bond donors (Lipinski definition) is 1. The van der Waals surface area contributed by atoms with Gasteiger partial charge in [0.05, 0.1) is 17.6 Å². The summed E-state index contributed by atoms with van der Waals surface area (Å²) in [6.45, 7) is 7.48. The summed E-state index contributed by atoms with van der Waals surface area (Å²) in [7, 11) is 0. The fourth-order valence-corrected chi connectivity index (χ4v) is 3.75. The van der Waals surface area contributed by atoms with Crippen LogP contribution in [0.1, 0.15) is 43.8 Å². The molecule has 1 amide bonds. The first-order chi connectivity index (χ1) is 12.8. The van der Waals surface area contributed by atoms with E-state index in [0.29, 0.717) is 21.5 Å². The molecule has 1 N–H and O–H groups in total. The Labute approximate surface area is 159 Å². The summed E-state index contributed by atoms with van der Waals surface area (Å²) in [6, 6.07) is 6.34. The van der Waals surface area contributed by atoms with Crippen LogP contribution in [0, 0.1) is 20.8 Å². The van der Waals surface area contributed by atoms with E-state index in [1.165, 1.54) is 11.3 Å². The zero-order chi connectivity index (χ0) is 19.7. The Bertz CT molecular complexity index is 1110. The molecule has 6 nitrogen and oxygen atoms in total. The number of carbonyl (C=O) groups is 2. The molecule has 3 rings (SSSR count). The summed E-state index contributed by atoms with van der Waals surface area (Å²) in [5, 5.41) is 3.47. The molecule has 0 aliphatic carbocycles. The molecule has 2 heterocycles. The minimum absolute atomic E-state index is 0.114. The number of amides is 1. The Hall–Kier alpha value is -2.93. The second-order valence-corrected chi connectivity index (χ2v) is 7.36. The number of carbonyl (C=O) groups excluding carboxylic acids is 2. The normalized spacial score (nSPS) is 10.8. The molecule has 0 aliphatic heterocycles. The van der Waals surface area contributed by atoms with Gasteiger partial charge in [-0.15, -0.1) is 11.3 Å². The van der Waals surface area contributed by atoms with Gasteiger partial charge < -0.3 is 14.5 Å². The van der Waals surface area contributed by atoms with Gasteiger partial charge in [-0.1, -0.05) is 6.07 Å². The minimum Gasteiger partial charge on any atom is -0.462 e. The van der Waals surface area contributed by atoms with E-state index in [1.807, 2.05) is 19.9 Å². The number of rotatable bonds is 4. The smallest absolute Gasteiger partial charge is 0.341 e. The zero-order valence-corrected chi connectivity index (χ0v) is 16.3. The lowest BCUT2D eigenvalue weighted by Crippen LogP contribution is -2.16. The van der Waals surface area contributed by atoms with Gasteiger partial charge in [0.15, 0.2) is 11.2 Å². The summed E-state index contributed by atoms with van der Waals surface area (Å²) in [5.41, 5.74) is 2.04. The van der Waals surface area contributed by atoms with Gasteiger partial charge in [0, 0.05) is 10.9 Å². The molecule has 27 heavy (non-hydrogen) atoms. The molecular weight excluding hydrogens is 366 g/mol. The van der Waals surface area contributed by atoms with Crippen molar-refractivity contribution in [2.75, 3.05) is 11.9 Å². The first-order valence-corrected chi connectivity index (χ1v) is 9.26. The van der Waals surface area contributed by atoms with Crippen LogP contribution in [0.3, 0.4) is 0 Å². The maximum absolute atomic E-state index is 12.7. The van der Waals surface area contributed by atoms with Crippen LogP contribution >= 0.6 is 11.3 Å². The lowest BCUT2D eigenvalue weighted by molar-refractivity contribution is 0.0527. The molecule has 0 saturated heterocycles. The van der Waals surface area contributed by atoms with E-state index < -0.39 is 11.9 Å². The highest BCUT2D eigenvalue weighted by molar-refractivity contribution is 7.16. The predicted octanol–water partition coefficient (Wildman–Crippen LogP) is 4.21. The Kier molecular flexibility index (Phi) is 5.14. The molecule has 0 radical (unpaired) electrons. The topological polar surface area (TPSA) is 85.6 Å². The molecule has 7 heteroatoms. The van der Waals surface area contributed by atoms with Crippen LogP contribution in [0.5, 0.6) is 0 Å². The maximum Gasteiger partial charge on any atom is 0.341 e. The number of nitrogens with one attached hydrogen (secondary N) is 1. The SMILES string of the molecule is CCOC(=O)c1c(NC(=O)c2cc(=O)c3ccc(C)cc3o2)sc(C)c1C. The number of hydrogen-bond acceptors (Lipinski definition) is 6. The summed E-state index contributed by atoms with van der Waals surface area (Å²) < 4.78 is 10.7. The van der Waals surface area contributed by atoms with E-state index >= 15 is 0 Å². The van der Waals surface area contributed by atoms with E-state index in [4.69, 9.17) is 9.15 Å². The number of ether oxygens (including phenoxy) is 1. The van der Waals surface area contributed by atoms with Crippen LogP contribution in [-0.2, 0) is 4.74 Å². The molecule has 0 saturated carbocycles. The van der Waals surface area contributed by atoms with Gasteiger partial charge in [-0.2, -0.15) is 0 Å². The second kappa shape index (κ2) is 7.36. The van der Waals surface area contributed by atoms with Crippen LogP contribution in [0.4, 0.5) is 5.00 Å². The van der Waals surface area contributed by atoms with Gasteiger partial charge in [-0.05, 0) is 51.0 Å². The highest BCUT2D eigenvalue weighted by atomic mass is 32.1. The Morgan fingerprint density at radius 1 is 1.19 bits per heavy atom. The van der Waals surface area contributed by atoms with Crippen LogP contribution in [0.2, 0.25) is 0 Å². The Morgan fingerprint density at radius 2 is 1.93 bits per heavy atom. The van der Waals surface area contributed by atoms with Gasteiger partial charge in [0.25, 0.3) is 5.91 Å². The molecule has 0 fully saturated rings. The molecule has 2 aromatic heterocycles. The second-order valence-electron chi connectivity index (χ2n) is 6.14. The largest absolute Gasteiger partial charge is 0.462 e. The minimum atomic E-state index is -0.595. The van der Waals surface area contributed by atoms with E-state index in [2.05, 4.69) is 5.32 Å². The Balaban J connectivity index is 1.99. The van der Waals surface area contributed by atoms with Crippen molar-refractivity contribution >= 4 is 39.2 Å². The average Bonchev–Trinajstić information content (AvgIpc) is 2.88. The lowest BCUT2D eigenvalue weighted by atomic mass is 10.1. The number of aryl methyl sites for hydroxylation is 2. The van der Waals surface area contributed by atoms with Crippen LogP contribution in [-0.4, -0.2) is 18.5 Å². The summed E-state index contributed by atoms with van der Waals surface area (Å²) >= 11 is 1.28. The third-order valence-corrected chi connectivity index (χ3v) is 5.32. The standard InChI is InChI=1S/C20H19NO5S/c1-5-25-20(24)17-11(3)12(4)27-19(17)21-18(23)16-9-14(22)13-7-6-10(2)8-15(13)26-16/h6-9H,5H2,1-4H3,(H,21,23). The van der Waals surface area contributed by atoms with E-state index in [-0.39, 0.29) is 17.8 Å². The third kappa shape index (κ3) is 3.64. The van der Waals surface area contributed by atoms with Crippen molar-refractivity contribution in [1.82, 2.24) is 0 Å².